The monoisotopic (exact) mass is 513 g/mol. The zero-order chi connectivity index (χ0) is 25.5. The van der Waals surface area contributed by atoms with Crippen molar-refractivity contribution in [3.05, 3.63) is 24.3 Å². The van der Waals surface area contributed by atoms with Crippen LogP contribution in [0.25, 0.3) is 0 Å². The summed E-state index contributed by atoms with van der Waals surface area (Å²) in [6.45, 7) is 2.91. The number of benzene rings is 1. The molecule has 1 unspecified atom stereocenters. The van der Waals surface area contributed by atoms with E-state index in [9.17, 15) is 14.5 Å². The van der Waals surface area contributed by atoms with Crippen LogP contribution in [0.1, 0.15) is 78.1 Å². The van der Waals surface area contributed by atoms with Crippen LogP contribution in [-0.2, 0) is 18.4 Å². The number of carboxylic acid groups (broad SMARTS) is 1. The SMILES string of the molecule is C1CCC([NH2+]C2CCCCC2)CC1.CCOP(=O)(OCC)C(COc1cccc(OC)c1)C(=O)[O-]. The van der Waals surface area contributed by atoms with Gasteiger partial charge in [-0.1, -0.05) is 18.9 Å². The lowest BCUT2D eigenvalue weighted by Gasteiger charge is -2.27. The molecule has 1 aromatic rings. The van der Waals surface area contributed by atoms with E-state index in [-0.39, 0.29) is 13.2 Å². The Morgan fingerprint density at radius 3 is 1.94 bits per heavy atom. The molecule has 0 aliphatic heterocycles. The largest absolute Gasteiger partial charge is 0.549 e. The molecule has 0 saturated heterocycles. The smallest absolute Gasteiger partial charge is 0.342 e. The fraction of sp³-hybridized carbons (Fsp3) is 0.731. The van der Waals surface area contributed by atoms with Gasteiger partial charge in [-0.2, -0.15) is 0 Å². The van der Waals surface area contributed by atoms with Gasteiger partial charge in [-0.05, 0) is 77.3 Å². The molecule has 0 heterocycles. The lowest BCUT2D eigenvalue weighted by molar-refractivity contribution is -0.725. The van der Waals surface area contributed by atoms with E-state index in [1.807, 2.05) is 0 Å². The lowest BCUT2D eigenvalue weighted by Crippen LogP contribution is -2.95. The van der Waals surface area contributed by atoms with E-state index in [0.29, 0.717) is 11.5 Å². The van der Waals surface area contributed by atoms with Crippen molar-refractivity contribution in [2.75, 3.05) is 26.9 Å². The minimum atomic E-state index is -3.86. The summed E-state index contributed by atoms with van der Waals surface area (Å²) >= 11 is 0. The molecule has 2 saturated carbocycles. The van der Waals surface area contributed by atoms with Crippen LogP contribution >= 0.6 is 7.60 Å². The minimum Gasteiger partial charge on any atom is -0.549 e. The average Bonchev–Trinajstić information content (AvgIpc) is 2.86. The van der Waals surface area contributed by atoms with Crippen LogP contribution in [0.3, 0.4) is 0 Å². The highest BCUT2D eigenvalue weighted by Gasteiger charge is 2.37. The number of ether oxygens (including phenoxy) is 2. The van der Waals surface area contributed by atoms with Crippen LogP contribution < -0.4 is 19.9 Å². The number of rotatable bonds is 12. The molecule has 0 spiro atoms. The number of nitrogens with two attached hydrogens (primary N) is 1. The fourth-order valence-corrected chi connectivity index (χ4v) is 6.44. The highest BCUT2D eigenvalue weighted by molar-refractivity contribution is 7.55. The van der Waals surface area contributed by atoms with E-state index in [0.717, 1.165) is 12.1 Å². The second-order valence-electron chi connectivity index (χ2n) is 9.19. The van der Waals surface area contributed by atoms with Crippen LogP contribution in [0.15, 0.2) is 24.3 Å². The van der Waals surface area contributed by atoms with Crippen molar-refractivity contribution in [3.8, 4) is 11.5 Å². The summed E-state index contributed by atoms with van der Waals surface area (Å²) in [6, 6.07) is 8.61. The van der Waals surface area contributed by atoms with Crippen molar-refractivity contribution >= 4 is 13.6 Å². The Morgan fingerprint density at radius 2 is 1.49 bits per heavy atom. The number of hydrogen-bond donors (Lipinski definition) is 1. The maximum atomic E-state index is 12.5. The normalized spacial score (nSPS) is 18.3. The number of methoxy groups -OCH3 is 1. The Bertz CT molecular complexity index is 753. The Hall–Kier alpha value is -1.60. The molecule has 2 fully saturated rings. The first-order valence-electron chi connectivity index (χ1n) is 13.1. The van der Waals surface area contributed by atoms with Gasteiger partial charge in [-0.15, -0.1) is 0 Å². The van der Waals surface area contributed by atoms with Crippen molar-refractivity contribution in [2.24, 2.45) is 0 Å². The zero-order valence-electron chi connectivity index (χ0n) is 21.6. The van der Waals surface area contributed by atoms with Crippen LogP contribution in [0.4, 0.5) is 0 Å². The summed E-state index contributed by atoms with van der Waals surface area (Å²) in [5, 5.41) is 14.0. The molecule has 2 aliphatic rings. The molecule has 35 heavy (non-hydrogen) atoms. The summed E-state index contributed by atoms with van der Waals surface area (Å²) in [6.07, 6.45) is 15.0. The first kappa shape index (κ1) is 29.6. The summed E-state index contributed by atoms with van der Waals surface area (Å²) in [4.78, 5) is 11.3. The van der Waals surface area contributed by atoms with Gasteiger partial charge >= 0.3 is 7.60 Å². The number of carboxylic acids is 1. The predicted molar refractivity (Wildman–Crippen MR) is 134 cm³/mol. The van der Waals surface area contributed by atoms with Gasteiger partial charge < -0.3 is 33.7 Å². The van der Waals surface area contributed by atoms with Crippen molar-refractivity contribution in [3.63, 3.8) is 0 Å². The van der Waals surface area contributed by atoms with Crippen molar-refractivity contribution < 1.29 is 38.3 Å². The maximum absolute atomic E-state index is 12.5. The number of quaternary nitrogens is 1. The molecule has 2 N–H and O–H groups in total. The van der Waals surface area contributed by atoms with E-state index in [1.54, 1.807) is 38.1 Å². The Morgan fingerprint density at radius 1 is 0.971 bits per heavy atom. The highest BCUT2D eigenvalue weighted by Crippen LogP contribution is 2.53. The molecule has 2 aliphatic carbocycles. The molecule has 3 rings (SSSR count). The molecule has 1 atom stereocenters. The van der Waals surface area contributed by atoms with Gasteiger partial charge in [0.15, 0.2) is 0 Å². The molecular formula is C26H44NO7P. The van der Waals surface area contributed by atoms with E-state index in [2.05, 4.69) is 5.32 Å². The van der Waals surface area contributed by atoms with Crippen molar-refractivity contribution in [2.45, 2.75) is 95.8 Å². The average molecular weight is 514 g/mol. The van der Waals surface area contributed by atoms with Gasteiger partial charge in [0.2, 0.25) is 0 Å². The zero-order valence-corrected chi connectivity index (χ0v) is 22.5. The quantitative estimate of drug-likeness (QED) is 0.425. The van der Waals surface area contributed by atoms with Gasteiger partial charge in [-0.3, -0.25) is 4.57 Å². The third kappa shape index (κ3) is 10.5. The summed E-state index contributed by atoms with van der Waals surface area (Å²) in [5.41, 5.74) is -1.52. The summed E-state index contributed by atoms with van der Waals surface area (Å²) in [5.74, 6) is -0.612. The predicted octanol–water partition coefficient (Wildman–Crippen LogP) is 3.67. The minimum absolute atomic E-state index is 0.0558. The first-order valence-corrected chi connectivity index (χ1v) is 14.7. The Labute approximate surface area is 210 Å². The van der Waals surface area contributed by atoms with Gasteiger partial charge in [0.05, 0.1) is 38.4 Å². The fourth-order valence-electron chi connectivity index (χ4n) is 4.77. The van der Waals surface area contributed by atoms with E-state index in [4.69, 9.17) is 18.5 Å². The molecule has 1 aromatic carbocycles. The van der Waals surface area contributed by atoms with Crippen LogP contribution in [0.2, 0.25) is 0 Å². The standard InChI is InChI=1S/C14H21O7P.C12H23N/c1-4-20-22(17,21-5-2)13(14(15)16)10-19-12-8-6-7-11(9-12)18-3;1-3-7-11(8-4-1)13-12-9-5-2-6-10-12/h6-9,13H,4-5,10H2,1-3H3,(H,15,16);11-13H,1-10H2. The molecule has 200 valence electrons. The van der Waals surface area contributed by atoms with Crippen LogP contribution in [-0.4, -0.2) is 50.6 Å². The number of carbonyl (C=O) groups is 1. The van der Waals surface area contributed by atoms with E-state index < -0.39 is 25.8 Å². The molecule has 0 bridgehead atoms. The van der Waals surface area contributed by atoms with Gasteiger partial charge in [0.1, 0.15) is 23.8 Å². The first-order chi connectivity index (χ1) is 16.9. The molecule has 9 heteroatoms. The number of carbonyl (C=O) groups excluding carboxylic acids is 1. The van der Waals surface area contributed by atoms with Gasteiger partial charge in [0.25, 0.3) is 0 Å². The Kier molecular flexibility index (Phi) is 13.7. The van der Waals surface area contributed by atoms with Gasteiger partial charge in [-0.25, -0.2) is 0 Å². The third-order valence-electron chi connectivity index (χ3n) is 6.56. The Balaban J connectivity index is 0.000000279. The number of aliphatic carboxylic acids is 1. The third-order valence-corrected chi connectivity index (χ3v) is 8.92. The van der Waals surface area contributed by atoms with Crippen molar-refractivity contribution in [1.82, 2.24) is 0 Å². The maximum Gasteiger partial charge on any atom is 0.342 e. The van der Waals surface area contributed by atoms with Crippen molar-refractivity contribution in [1.29, 1.82) is 0 Å². The second kappa shape index (κ2) is 16.2. The molecule has 0 amide bonds. The summed E-state index contributed by atoms with van der Waals surface area (Å²) in [7, 11) is -2.36. The van der Waals surface area contributed by atoms with Crippen LogP contribution in [0.5, 0.6) is 11.5 Å². The summed E-state index contributed by atoms with van der Waals surface area (Å²) < 4.78 is 33.0. The lowest BCUT2D eigenvalue weighted by atomic mass is 9.91. The topological polar surface area (TPSA) is 111 Å². The molecule has 0 aromatic heterocycles. The highest BCUT2D eigenvalue weighted by atomic mass is 31.2. The van der Waals surface area contributed by atoms with E-state index >= 15 is 0 Å². The molecule has 0 radical (unpaired) electrons. The van der Waals surface area contributed by atoms with Crippen LogP contribution in [0, 0.1) is 0 Å². The number of hydrogen-bond acceptors (Lipinski definition) is 7. The van der Waals surface area contributed by atoms with E-state index in [1.165, 1.54) is 71.3 Å². The molecule has 8 nitrogen and oxygen atoms in total. The molecular weight excluding hydrogens is 469 g/mol. The second-order valence-corrected chi connectivity index (χ2v) is 11.4. The van der Waals surface area contributed by atoms with Gasteiger partial charge in [0, 0.05) is 6.07 Å².